The number of aliphatic hydroxyl groups is 1. The number of carboxylic acid groups (broad SMARTS) is 1. The first-order chi connectivity index (χ1) is 13.7. The minimum atomic E-state index is -1.22. The minimum absolute atomic E-state index is 0.00656. The van der Waals surface area contributed by atoms with E-state index in [2.05, 4.69) is 32.6 Å². The monoisotopic (exact) mass is 391 g/mol. The molecule has 1 aliphatic heterocycles. The lowest BCUT2D eigenvalue weighted by molar-refractivity contribution is 0.0693. The van der Waals surface area contributed by atoms with Gasteiger partial charge in [0.2, 0.25) is 0 Å². The molecule has 1 fully saturated rings. The fourth-order valence-electron chi connectivity index (χ4n) is 3.97. The number of aromatic nitrogens is 1. The second kappa shape index (κ2) is 6.89. The van der Waals surface area contributed by atoms with Gasteiger partial charge in [-0.2, -0.15) is 0 Å². The molecule has 0 amide bonds. The number of pyridine rings is 1. The van der Waals surface area contributed by atoms with Crippen molar-refractivity contribution in [3.05, 3.63) is 56.9 Å². The summed E-state index contributed by atoms with van der Waals surface area (Å²) in [4.78, 5) is 24.0. The lowest BCUT2D eigenvalue weighted by Gasteiger charge is -2.39. The van der Waals surface area contributed by atoms with E-state index in [-0.39, 0.29) is 23.6 Å². The van der Waals surface area contributed by atoms with Crippen molar-refractivity contribution >= 4 is 5.97 Å². The molecule has 0 bridgehead atoms. The van der Waals surface area contributed by atoms with Crippen LogP contribution in [0.25, 0.3) is 11.3 Å². The highest BCUT2D eigenvalue weighted by Crippen LogP contribution is 2.43. The van der Waals surface area contributed by atoms with Gasteiger partial charge in [-0.25, -0.2) is 4.79 Å². The van der Waals surface area contributed by atoms with Gasteiger partial charge < -0.3 is 14.8 Å². The van der Waals surface area contributed by atoms with Gasteiger partial charge in [-0.15, -0.1) is 0 Å². The molecule has 1 aromatic carbocycles. The third-order valence-corrected chi connectivity index (χ3v) is 5.82. The quantitative estimate of drug-likeness (QED) is 0.767. The number of aromatic carboxylic acids is 1. The van der Waals surface area contributed by atoms with Gasteiger partial charge in [-0.05, 0) is 47.9 Å². The Balaban J connectivity index is 1.94. The fraction of sp³-hybridized carbons (Fsp3) is 0.417. The van der Waals surface area contributed by atoms with E-state index in [0.717, 1.165) is 35.1 Å². The van der Waals surface area contributed by atoms with Gasteiger partial charge >= 0.3 is 5.97 Å². The van der Waals surface area contributed by atoms with Crippen molar-refractivity contribution in [1.82, 2.24) is 4.57 Å². The van der Waals surface area contributed by atoms with E-state index >= 15 is 0 Å². The Bertz CT molecular complexity index is 1120. The van der Waals surface area contributed by atoms with Crippen molar-refractivity contribution in [2.24, 2.45) is 11.3 Å². The smallest absolute Gasteiger partial charge is 0.341 e. The van der Waals surface area contributed by atoms with Gasteiger partial charge in [-0.3, -0.25) is 4.79 Å². The molecule has 0 radical (unpaired) electrons. The van der Waals surface area contributed by atoms with Gasteiger partial charge in [0.15, 0.2) is 5.43 Å². The maximum Gasteiger partial charge on any atom is 0.341 e. The number of carbonyl (C=O) groups is 1. The first kappa shape index (κ1) is 19.5. The van der Waals surface area contributed by atoms with E-state index in [9.17, 15) is 19.8 Å². The highest BCUT2D eigenvalue weighted by Gasteiger charge is 2.34. The number of benzene rings is 1. The number of hydrogen-bond donors (Lipinski definition) is 2. The van der Waals surface area contributed by atoms with Gasteiger partial charge in [0, 0.05) is 35.3 Å². The molecule has 0 spiro atoms. The van der Waals surface area contributed by atoms with Crippen LogP contribution in [0.1, 0.15) is 66.7 Å². The Morgan fingerprint density at radius 2 is 1.97 bits per heavy atom. The number of aliphatic hydroxyl groups excluding tert-OH is 1. The zero-order chi connectivity index (χ0) is 20.9. The van der Waals surface area contributed by atoms with E-state index < -0.39 is 11.4 Å². The van der Waals surface area contributed by atoms with Gasteiger partial charge in [0.05, 0.1) is 12.3 Å². The SMILES string of the molecule is CC(C)(C)[C@@H]1Cc2cc(C#CC3CC3)c(CO)cc2-c2cc(=O)c(C(=O)O)cn21. The van der Waals surface area contributed by atoms with Crippen LogP contribution in [0.3, 0.4) is 0 Å². The molecule has 5 nitrogen and oxygen atoms in total. The Hall–Kier alpha value is -2.84. The Morgan fingerprint density at radius 3 is 2.55 bits per heavy atom. The molecule has 2 N–H and O–H groups in total. The van der Waals surface area contributed by atoms with Gasteiger partial charge in [0.1, 0.15) is 5.56 Å². The summed E-state index contributed by atoms with van der Waals surface area (Å²) in [7, 11) is 0. The molecular weight excluding hydrogens is 366 g/mol. The molecular formula is C24H25NO4. The van der Waals surface area contributed by atoms with Crippen molar-refractivity contribution in [2.75, 3.05) is 0 Å². The Kier molecular flexibility index (Phi) is 4.63. The number of nitrogens with zero attached hydrogens (tertiary/aromatic N) is 1. The fourth-order valence-corrected chi connectivity index (χ4v) is 3.97. The minimum Gasteiger partial charge on any atom is -0.477 e. The third-order valence-electron chi connectivity index (χ3n) is 5.82. The van der Waals surface area contributed by atoms with Gasteiger partial charge in [0.25, 0.3) is 0 Å². The number of fused-ring (bicyclic) bond motifs is 3. The molecule has 2 aliphatic rings. The molecule has 4 rings (SSSR count). The van der Waals surface area contributed by atoms with Crippen LogP contribution in [0.5, 0.6) is 0 Å². The second-order valence-electron chi connectivity index (χ2n) is 9.10. The number of carboxylic acids is 1. The highest BCUT2D eigenvalue weighted by atomic mass is 16.4. The highest BCUT2D eigenvalue weighted by molar-refractivity contribution is 5.87. The lowest BCUT2D eigenvalue weighted by Crippen LogP contribution is -2.33. The molecule has 2 aromatic rings. The van der Waals surface area contributed by atoms with Crippen molar-refractivity contribution in [3.63, 3.8) is 0 Å². The summed E-state index contributed by atoms with van der Waals surface area (Å²) in [5.41, 5.74) is 3.32. The van der Waals surface area contributed by atoms with Crippen LogP contribution in [-0.2, 0) is 13.0 Å². The predicted octanol–water partition coefficient (Wildman–Crippen LogP) is 3.61. The summed E-state index contributed by atoms with van der Waals surface area (Å²) in [6.07, 6.45) is 4.46. The summed E-state index contributed by atoms with van der Waals surface area (Å²) in [6.45, 7) is 6.20. The molecule has 5 heteroatoms. The molecule has 1 atom stereocenters. The molecule has 0 unspecified atom stereocenters. The predicted molar refractivity (Wildman–Crippen MR) is 111 cm³/mol. The van der Waals surface area contributed by atoms with Crippen LogP contribution in [-0.4, -0.2) is 20.7 Å². The van der Waals surface area contributed by atoms with Crippen molar-refractivity contribution in [2.45, 2.75) is 52.7 Å². The lowest BCUT2D eigenvalue weighted by atomic mass is 9.78. The first-order valence-electron chi connectivity index (χ1n) is 9.97. The average molecular weight is 391 g/mol. The largest absolute Gasteiger partial charge is 0.477 e. The van der Waals surface area contributed by atoms with E-state index in [0.29, 0.717) is 18.0 Å². The van der Waals surface area contributed by atoms with E-state index in [1.165, 1.54) is 12.3 Å². The summed E-state index contributed by atoms with van der Waals surface area (Å²) in [6, 6.07) is 5.34. The van der Waals surface area contributed by atoms with E-state index in [1.807, 2.05) is 16.7 Å². The maximum atomic E-state index is 12.4. The third kappa shape index (κ3) is 3.61. The number of rotatable bonds is 2. The van der Waals surface area contributed by atoms with Crippen molar-refractivity contribution < 1.29 is 15.0 Å². The van der Waals surface area contributed by atoms with E-state index in [1.54, 1.807) is 0 Å². The Morgan fingerprint density at radius 1 is 1.24 bits per heavy atom. The van der Waals surface area contributed by atoms with Crippen LogP contribution in [0.2, 0.25) is 0 Å². The summed E-state index contributed by atoms with van der Waals surface area (Å²) in [5, 5.41) is 19.3. The van der Waals surface area contributed by atoms with Crippen LogP contribution < -0.4 is 5.43 Å². The topological polar surface area (TPSA) is 79.5 Å². The maximum absolute atomic E-state index is 12.4. The van der Waals surface area contributed by atoms with Crippen LogP contribution >= 0.6 is 0 Å². The van der Waals surface area contributed by atoms with Gasteiger partial charge in [-0.1, -0.05) is 32.6 Å². The van der Waals surface area contributed by atoms with Crippen LogP contribution in [0.15, 0.2) is 29.2 Å². The molecule has 0 saturated heterocycles. The Labute approximate surface area is 170 Å². The molecule has 1 aromatic heterocycles. The van der Waals surface area contributed by atoms with Crippen LogP contribution in [0.4, 0.5) is 0 Å². The molecule has 2 heterocycles. The summed E-state index contributed by atoms with van der Waals surface area (Å²) >= 11 is 0. The molecule has 29 heavy (non-hydrogen) atoms. The van der Waals surface area contributed by atoms with Crippen molar-refractivity contribution in [1.29, 1.82) is 0 Å². The average Bonchev–Trinajstić information content (AvgIpc) is 3.47. The molecule has 1 aliphatic carbocycles. The standard InChI is InChI=1S/C24H25NO4/c1-24(2,3)22-10-16-8-15(7-6-14-4-5-14)17(13-26)9-18(16)20-11-21(27)19(23(28)29)12-25(20)22/h8-9,11-12,14,22,26H,4-5,10,13H2,1-3H3,(H,28,29)/t22-/m0/s1. The normalized spacial score (nSPS) is 17.7. The number of hydrogen-bond acceptors (Lipinski definition) is 3. The first-order valence-corrected chi connectivity index (χ1v) is 9.97. The van der Waals surface area contributed by atoms with Crippen molar-refractivity contribution in [3.8, 4) is 23.1 Å². The van der Waals surface area contributed by atoms with E-state index in [4.69, 9.17) is 0 Å². The zero-order valence-corrected chi connectivity index (χ0v) is 17.0. The summed E-state index contributed by atoms with van der Waals surface area (Å²) in [5.74, 6) is 5.74. The molecule has 150 valence electrons. The molecule has 1 saturated carbocycles. The van der Waals surface area contributed by atoms with Crippen LogP contribution in [0, 0.1) is 23.2 Å². The second-order valence-corrected chi connectivity index (χ2v) is 9.10. The summed E-state index contributed by atoms with van der Waals surface area (Å²) < 4.78 is 1.92. The zero-order valence-electron chi connectivity index (χ0n) is 17.0.